The average molecular weight is 297 g/mol. The molecule has 0 aromatic heterocycles. The van der Waals surface area contributed by atoms with Crippen molar-refractivity contribution in [2.45, 2.75) is 51.0 Å². The van der Waals surface area contributed by atoms with E-state index in [1.165, 1.54) is 11.5 Å². The van der Waals surface area contributed by atoms with Crippen LogP contribution in [0.5, 0.6) is 0 Å². The number of ether oxygens (including phenoxy) is 1. The minimum Gasteiger partial charge on any atom is -0.375 e. The molecule has 1 N–H and O–H groups in total. The molecule has 0 aromatic rings. The van der Waals surface area contributed by atoms with Crippen LogP contribution in [0.1, 0.15) is 45.4 Å². The molecular formula is C16H27NO2S. The first-order chi connectivity index (χ1) is 9.70. The van der Waals surface area contributed by atoms with E-state index in [1.54, 1.807) is 0 Å². The highest BCUT2D eigenvalue weighted by molar-refractivity contribution is 7.99. The molecule has 3 fully saturated rings. The van der Waals surface area contributed by atoms with E-state index in [0.717, 1.165) is 58.2 Å². The SMILES string of the molecule is CCC1(C(=O)C2CCOC3(CCSCC3)C2)CCNC1. The van der Waals surface area contributed by atoms with Crippen LogP contribution in [-0.2, 0) is 9.53 Å². The standard InChI is InChI=1S/C16H27NO2S/c1-2-15(4-7-17-12-15)14(18)13-3-8-19-16(11-13)5-9-20-10-6-16/h13,17H,2-12H2,1H3. The van der Waals surface area contributed by atoms with Crippen molar-refractivity contribution in [3.63, 3.8) is 0 Å². The lowest BCUT2D eigenvalue weighted by atomic mass is 9.70. The van der Waals surface area contributed by atoms with Crippen molar-refractivity contribution >= 4 is 17.5 Å². The lowest BCUT2D eigenvalue weighted by Crippen LogP contribution is -2.48. The van der Waals surface area contributed by atoms with Gasteiger partial charge in [-0.2, -0.15) is 11.8 Å². The van der Waals surface area contributed by atoms with Crippen molar-refractivity contribution in [3.8, 4) is 0 Å². The van der Waals surface area contributed by atoms with Crippen LogP contribution in [0.15, 0.2) is 0 Å². The molecule has 0 saturated carbocycles. The molecule has 3 rings (SSSR count). The van der Waals surface area contributed by atoms with Crippen LogP contribution >= 0.6 is 11.8 Å². The Morgan fingerprint density at radius 3 is 2.80 bits per heavy atom. The minimum atomic E-state index is -0.0768. The van der Waals surface area contributed by atoms with Crippen molar-refractivity contribution in [3.05, 3.63) is 0 Å². The molecule has 2 atom stereocenters. The fourth-order valence-electron chi connectivity index (χ4n) is 4.21. The predicted octanol–water partition coefficient (Wildman–Crippen LogP) is 2.64. The number of ketones is 1. The lowest BCUT2D eigenvalue weighted by molar-refractivity contribution is -0.146. The summed E-state index contributed by atoms with van der Waals surface area (Å²) in [5.74, 6) is 3.17. The number of hydrogen-bond acceptors (Lipinski definition) is 4. The van der Waals surface area contributed by atoms with Gasteiger partial charge in [0, 0.05) is 24.5 Å². The summed E-state index contributed by atoms with van der Waals surface area (Å²) >= 11 is 2.03. The highest BCUT2D eigenvalue weighted by Crippen LogP contribution is 2.43. The van der Waals surface area contributed by atoms with Crippen molar-refractivity contribution in [2.24, 2.45) is 11.3 Å². The number of Topliss-reactive ketones (excluding diaryl/α,β-unsaturated/α-hetero) is 1. The summed E-state index contributed by atoms with van der Waals surface area (Å²) in [5.41, 5.74) is -0.0442. The van der Waals surface area contributed by atoms with Crippen molar-refractivity contribution in [2.75, 3.05) is 31.2 Å². The summed E-state index contributed by atoms with van der Waals surface area (Å²) in [6, 6.07) is 0. The minimum absolute atomic E-state index is 0.0325. The number of carbonyl (C=O) groups excluding carboxylic acids is 1. The van der Waals surface area contributed by atoms with Gasteiger partial charge in [0.1, 0.15) is 5.78 Å². The van der Waals surface area contributed by atoms with Gasteiger partial charge >= 0.3 is 0 Å². The molecule has 3 heterocycles. The Balaban J connectivity index is 1.71. The Morgan fingerprint density at radius 1 is 1.35 bits per heavy atom. The van der Waals surface area contributed by atoms with Gasteiger partial charge in [0.05, 0.1) is 5.60 Å². The molecule has 20 heavy (non-hydrogen) atoms. The normalized spacial score (nSPS) is 37.1. The van der Waals surface area contributed by atoms with Crippen LogP contribution in [0.3, 0.4) is 0 Å². The molecule has 2 unspecified atom stereocenters. The smallest absolute Gasteiger partial charge is 0.143 e. The third kappa shape index (κ3) is 2.67. The highest BCUT2D eigenvalue weighted by Gasteiger charge is 2.47. The molecule has 3 saturated heterocycles. The molecular weight excluding hydrogens is 270 g/mol. The monoisotopic (exact) mass is 297 g/mol. The largest absolute Gasteiger partial charge is 0.375 e. The van der Waals surface area contributed by atoms with Gasteiger partial charge in [-0.05, 0) is 56.6 Å². The number of hydrogen-bond donors (Lipinski definition) is 1. The first kappa shape index (κ1) is 14.9. The maximum Gasteiger partial charge on any atom is 0.143 e. The summed E-state index contributed by atoms with van der Waals surface area (Å²) in [4.78, 5) is 13.1. The average Bonchev–Trinajstić information content (AvgIpc) is 2.97. The first-order valence-corrected chi connectivity index (χ1v) is 9.32. The zero-order valence-corrected chi connectivity index (χ0v) is 13.4. The Kier molecular flexibility index (Phi) is 4.44. The molecule has 0 aliphatic carbocycles. The Bertz CT molecular complexity index is 354. The molecule has 0 aromatic carbocycles. The second-order valence-electron chi connectivity index (χ2n) is 6.76. The van der Waals surface area contributed by atoms with Gasteiger partial charge < -0.3 is 10.1 Å². The molecule has 4 heteroatoms. The molecule has 0 bridgehead atoms. The van der Waals surface area contributed by atoms with Gasteiger partial charge in [0.15, 0.2) is 0 Å². The molecule has 1 spiro atoms. The fraction of sp³-hybridized carbons (Fsp3) is 0.938. The van der Waals surface area contributed by atoms with E-state index in [4.69, 9.17) is 4.74 Å². The first-order valence-electron chi connectivity index (χ1n) is 8.16. The van der Waals surface area contributed by atoms with E-state index in [9.17, 15) is 4.79 Å². The van der Waals surface area contributed by atoms with E-state index in [1.807, 2.05) is 11.8 Å². The van der Waals surface area contributed by atoms with Gasteiger partial charge in [-0.25, -0.2) is 0 Å². The van der Waals surface area contributed by atoms with Crippen molar-refractivity contribution in [1.82, 2.24) is 5.32 Å². The van der Waals surface area contributed by atoms with Gasteiger partial charge in [0.25, 0.3) is 0 Å². The number of thioether (sulfide) groups is 1. The van der Waals surface area contributed by atoms with Crippen molar-refractivity contribution in [1.29, 1.82) is 0 Å². The lowest BCUT2D eigenvalue weighted by Gasteiger charge is -2.44. The van der Waals surface area contributed by atoms with Crippen molar-refractivity contribution < 1.29 is 9.53 Å². The summed E-state index contributed by atoms with van der Waals surface area (Å²) in [5, 5.41) is 3.40. The maximum atomic E-state index is 13.1. The third-order valence-corrected chi connectivity index (χ3v) is 6.70. The number of rotatable bonds is 3. The third-order valence-electron chi connectivity index (χ3n) is 5.71. The predicted molar refractivity (Wildman–Crippen MR) is 83.2 cm³/mol. The molecule has 114 valence electrons. The Morgan fingerprint density at radius 2 is 2.15 bits per heavy atom. The zero-order chi connectivity index (χ0) is 14.1. The number of nitrogens with one attached hydrogen (secondary N) is 1. The van der Waals surface area contributed by atoms with Crippen LogP contribution in [0.2, 0.25) is 0 Å². The molecule has 0 radical (unpaired) electrons. The van der Waals surface area contributed by atoms with Crippen LogP contribution in [-0.4, -0.2) is 42.6 Å². The van der Waals surface area contributed by atoms with Crippen LogP contribution in [0.4, 0.5) is 0 Å². The summed E-state index contributed by atoms with van der Waals surface area (Å²) in [6.07, 6.45) is 6.21. The Labute approximate surface area is 126 Å². The van der Waals surface area contributed by atoms with Crippen LogP contribution in [0.25, 0.3) is 0 Å². The maximum absolute atomic E-state index is 13.1. The molecule has 3 nitrogen and oxygen atoms in total. The second-order valence-corrected chi connectivity index (χ2v) is 7.98. The summed E-state index contributed by atoms with van der Waals surface area (Å²) in [7, 11) is 0. The van der Waals surface area contributed by atoms with E-state index in [-0.39, 0.29) is 16.9 Å². The van der Waals surface area contributed by atoms with E-state index in [0.29, 0.717) is 5.78 Å². The van der Waals surface area contributed by atoms with Gasteiger partial charge in [-0.15, -0.1) is 0 Å². The molecule has 3 aliphatic rings. The van der Waals surface area contributed by atoms with Gasteiger partial charge in [-0.1, -0.05) is 6.92 Å². The summed E-state index contributed by atoms with van der Waals surface area (Å²) < 4.78 is 6.13. The number of carbonyl (C=O) groups is 1. The Hall–Kier alpha value is -0.0600. The van der Waals surface area contributed by atoms with Gasteiger partial charge in [0.2, 0.25) is 0 Å². The quantitative estimate of drug-likeness (QED) is 0.869. The zero-order valence-electron chi connectivity index (χ0n) is 12.6. The van der Waals surface area contributed by atoms with E-state index >= 15 is 0 Å². The molecule has 0 amide bonds. The van der Waals surface area contributed by atoms with Gasteiger partial charge in [-0.3, -0.25) is 4.79 Å². The fourth-order valence-corrected chi connectivity index (χ4v) is 5.44. The summed E-state index contributed by atoms with van der Waals surface area (Å²) in [6.45, 7) is 4.86. The van der Waals surface area contributed by atoms with Crippen LogP contribution in [0, 0.1) is 11.3 Å². The topological polar surface area (TPSA) is 38.3 Å². The van der Waals surface area contributed by atoms with E-state index < -0.39 is 0 Å². The second kappa shape index (κ2) is 5.98. The highest BCUT2D eigenvalue weighted by atomic mass is 32.2. The molecule has 3 aliphatic heterocycles. The van der Waals surface area contributed by atoms with Crippen LogP contribution < -0.4 is 5.32 Å². The van der Waals surface area contributed by atoms with E-state index in [2.05, 4.69) is 12.2 Å².